The minimum absolute atomic E-state index is 0.301. The molecule has 1 N–H and O–H groups in total. The molecule has 0 aliphatic carbocycles. The van der Waals surface area contributed by atoms with Crippen LogP contribution in [0.25, 0.3) is 0 Å². The Labute approximate surface area is 117 Å². The first-order chi connectivity index (χ1) is 9.17. The smallest absolute Gasteiger partial charge is 0.123 e. The van der Waals surface area contributed by atoms with E-state index in [0.717, 1.165) is 30.9 Å². The van der Waals surface area contributed by atoms with Crippen molar-refractivity contribution in [3.8, 4) is 11.5 Å². The molecular weight excluding hydrogens is 238 g/mol. The minimum atomic E-state index is 0.301. The zero-order valence-electron chi connectivity index (χ0n) is 12.8. The topological polar surface area (TPSA) is 30.5 Å². The van der Waals surface area contributed by atoms with Gasteiger partial charge in [0.15, 0.2) is 0 Å². The highest BCUT2D eigenvalue weighted by atomic mass is 16.5. The summed E-state index contributed by atoms with van der Waals surface area (Å²) in [7, 11) is 3.42. The molecule has 0 spiro atoms. The molecule has 0 radical (unpaired) electrons. The van der Waals surface area contributed by atoms with Crippen LogP contribution in [0, 0.1) is 5.92 Å². The van der Waals surface area contributed by atoms with Gasteiger partial charge in [-0.05, 0) is 37.1 Å². The summed E-state index contributed by atoms with van der Waals surface area (Å²) in [6.07, 6.45) is 2.25. The number of ether oxygens (including phenoxy) is 2. The maximum atomic E-state index is 5.50. The second-order valence-electron chi connectivity index (χ2n) is 4.93. The quantitative estimate of drug-likeness (QED) is 0.775. The molecule has 1 aromatic rings. The fraction of sp³-hybridized carbons (Fsp3) is 0.625. The average Bonchev–Trinajstić information content (AvgIpc) is 2.46. The van der Waals surface area contributed by atoms with Crippen molar-refractivity contribution in [1.29, 1.82) is 0 Å². The van der Waals surface area contributed by atoms with Crippen LogP contribution in [0.1, 0.15) is 45.2 Å². The zero-order chi connectivity index (χ0) is 14.3. The fourth-order valence-corrected chi connectivity index (χ4v) is 2.24. The molecule has 0 saturated carbocycles. The number of methoxy groups -OCH3 is 2. The molecule has 2 unspecified atom stereocenters. The van der Waals surface area contributed by atoms with Crippen LogP contribution in [0.15, 0.2) is 18.2 Å². The van der Waals surface area contributed by atoms with Gasteiger partial charge in [0.1, 0.15) is 11.5 Å². The number of hydrogen-bond donors (Lipinski definition) is 1. The number of benzene rings is 1. The van der Waals surface area contributed by atoms with E-state index in [4.69, 9.17) is 9.47 Å². The van der Waals surface area contributed by atoms with E-state index >= 15 is 0 Å². The summed E-state index contributed by atoms with van der Waals surface area (Å²) in [5, 5.41) is 3.63. The number of rotatable bonds is 8. The van der Waals surface area contributed by atoms with Crippen molar-refractivity contribution in [2.24, 2.45) is 5.92 Å². The Morgan fingerprint density at radius 3 is 2.42 bits per heavy atom. The predicted octanol–water partition coefficient (Wildman–Crippen LogP) is 3.79. The lowest BCUT2D eigenvalue weighted by atomic mass is 9.91. The summed E-state index contributed by atoms with van der Waals surface area (Å²) in [6, 6.07) is 6.31. The first kappa shape index (κ1) is 15.8. The molecule has 0 amide bonds. The Bertz CT molecular complexity index is 379. The Morgan fingerprint density at radius 1 is 1.16 bits per heavy atom. The maximum Gasteiger partial charge on any atom is 0.123 e. The lowest BCUT2D eigenvalue weighted by Gasteiger charge is -2.26. The van der Waals surface area contributed by atoms with Crippen LogP contribution in [0.4, 0.5) is 0 Å². The SMILES string of the molecule is CCCNC(c1cc(OC)ccc1OC)C(C)CC. The lowest BCUT2D eigenvalue weighted by Crippen LogP contribution is -2.28. The second kappa shape index (κ2) is 8.05. The van der Waals surface area contributed by atoms with Crippen LogP contribution in [0.3, 0.4) is 0 Å². The van der Waals surface area contributed by atoms with Crippen molar-refractivity contribution < 1.29 is 9.47 Å². The van der Waals surface area contributed by atoms with E-state index in [-0.39, 0.29) is 0 Å². The van der Waals surface area contributed by atoms with Gasteiger partial charge in [-0.1, -0.05) is 27.2 Å². The van der Waals surface area contributed by atoms with E-state index in [9.17, 15) is 0 Å². The zero-order valence-corrected chi connectivity index (χ0v) is 12.8. The second-order valence-corrected chi connectivity index (χ2v) is 4.93. The van der Waals surface area contributed by atoms with Crippen LogP contribution in [0.2, 0.25) is 0 Å². The van der Waals surface area contributed by atoms with Crippen LogP contribution < -0.4 is 14.8 Å². The van der Waals surface area contributed by atoms with E-state index in [2.05, 4.69) is 32.2 Å². The summed E-state index contributed by atoms with van der Waals surface area (Å²) in [4.78, 5) is 0. The molecule has 0 aromatic heterocycles. The van der Waals surface area contributed by atoms with Crippen molar-refractivity contribution in [2.45, 2.75) is 39.7 Å². The molecule has 0 aliphatic rings. The number of nitrogens with one attached hydrogen (secondary N) is 1. The van der Waals surface area contributed by atoms with Crippen LogP contribution in [-0.4, -0.2) is 20.8 Å². The van der Waals surface area contributed by atoms with E-state index in [1.807, 2.05) is 12.1 Å². The fourth-order valence-electron chi connectivity index (χ4n) is 2.24. The first-order valence-corrected chi connectivity index (χ1v) is 7.13. The van der Waals surface area contributed by atoms with Gasteiger partial charge >= 0.3 is 0 Å². The standard InChI is InChI=1S/C16H27NO2/c1-6-10-17-16(12(3)7-2)14-11-13(18-4)8-9-15(14)19-5/h8-9,11-12,16-17H,6-7,10H2,1-5H3. The molecule has 3 nitrogen and oxygen atoms in total. The van der Waals surface area contributed by atoms with Crippen LogP contribution in [-0.2, 0) is 0 Å². The van der Waals surface area contributed by atoms with Crippen molar-refractivity contribution in [3.05, 3.63) is 23.8 Å². The molecule has 0 heterocycles. The normalized spacial score (nSPS) is 13.9. The van der Waals surface area contributed by atoms with Gasteiger partial charge in [0.05, 0.1) is 14.2 Å². The molecule has 0 fully saturated rings. The lowest BCUT2D eigenvalue weighted by molar-refractivity contribution is 0.347. The van der Waals surface area contributed by atoms with Gasteiger partial charge in [0.2, 0.25) is 0 Å². The molecule has 3 heteroatoms. The summed E-state index contributed by atoms with van der Waals surface area (Å²) in [5.74, 6) is 2.35. The molecule has 0 saturated heterocycles. The molecule has 0 bridgehead atoms. The number of hydrogen-bond acceptors (Lipinski definition) is 3. The van der Waals surface area contributed by atoms with Crippen molar-refractivity contribution in [1.82, 2.24) is 5.32 Å². The highest BCUT2D eigenvalue weighted by Gasteiger charge is 2.21. The Morgan fingerprint density at radius 2 is 1.89 bits per heavy atom. The van der Waals surface area contributed by atoms with Gasteiger partial charge in [-0.2, -0.15) is 0 Å². The van der Waals surface area contributed by atoms with Crippen LogP contribution >= 0.6 is 0 Å². The third kappa shape index (κ3) is 4.13. The highest BCUT2D eigenvalue weighted by molar-refractivity contribution is 5.42. The summed E-state index contributed by atoms with van der Waals surface area (Å²) < 4.78 is 10.8. The molecule has 1 aromatic carbocycles. The van der Waals surface area contributed by atoms with Crippen molar-refractivity contribution in [3.63, 3.8) is 0 Å². The Kier molecular flexibility index (Phi) is 6.71. The molecule has 2 atom stereocenters. The van der Waals surface area contributed by atoms with E-state index < -0.39 is 0 Å². The maximum absolute atomic E-state index is 5.50. The van der Waals surface area contributed by atoms with Crippen molar-refractivity contribution >= 4 is 0 Å². The molecule has 0 aliphatic heterocycles. The van der Waals surface area contributed by atoms with Crippen molar-refractivity contribution in [2.75, 3.05) is 20.8 Å². The molecule has 1 rings (SSSR count). The minimum Gasteiger partial charge on any atom is -0.497 e. The highest BCUT2D eigenvalue weighted by Crippen LogP contribution is 2.34. The molecular formula is C16H27NO2. The van der Waals surface area contributed by atoms with Gasteiger partial charge in [0.25, 0.3) is 0 Å². The average molecular weight is 265 g/mol. The monoisotopic (exact) mass is 265 g/mol. The van der Waals surface area contributed by atoms with E-state index in [1.165, 1.54) is 5.56 Å². The van der Waals surface area contributed by atoms with Gasteiger partial charge in [-0.3, -0.25) is 0 Å². The predicted molar refractivity (Wildman–Crippen MR) is 80.0 cm³/mol. The summed E-state index contributed by atoms with van der Waals surface area (Å²) >= 11 is 0. The van der Waals surface area contributed by atoms with E-state index in [1.54, 1.807) is 14.2 Å². The van der Waals surface area contributed by atoms with Gasteiger partial charge in [-0.25, -0.2) is 0 Å². The Hall–Kier alpha value is -1.22. The summed E-state index contributed by atoms with van der Waals surface area (Å²) in [6.45, 7) is 7.68. The van der Waals surface area contributed by atoms with Gasteiger partial charge in [0, 0.05) is 11.6 Å². The first-order valence-electron chi connectivity index (χ1n) is 7.13. The third-order valence-corrected chi connectivity index (χ3v) is 3.60. The molecule has 19 heavy (non-hydrogen) atoms. The largest absolute Gasteiger partial charge is 0.497 e. The Balaban J connectivity index is 3.10. The van der Waals surface area contributed by atoms with Gasteiger partial charge in [-0.15, -0.1) is 0 Å². The third-order valence-electron chi connectivity index (χ3n) is 3.60. The van der Waals surface area contributed by atoms with Crippen LogP contribution in [0.5, 0.6) is 11.5 Å². The molecule has 108 valence electrons. The summed E-state index contributed by atoms with van der Waals surface area (Å²) in [5.41, 5.74) is 1.18. The van der Waals surface area contributed by atoms with E-state index in [0.29, 0.717) is 12.0 Å². The van der Waals surface area contributed by atoms with Gasteiger partial charge < -0.3 is 14.8 Å².